The van der Waals surface area contributed by atoms with Gasteiger partial charge in [0.15, 0.2) is 23.0 Å². The highest BCUT2D eigenvalue weighted by Crippen LogP contribution is 2.33. The summed E-state index contributed by atoms with van der Waals surface area (Å²) in [4.78, 5) is 25.9. The first kappa shape index (κ1) is 32.0. The average Bonchev–Trinajstić information content (AvgIpc) is 3.58. The monoisotopic (exact) mass is 625 g/mol. The van der Waals surface area contributed by atoms with Crippen LogP contribution in [-0.4, -0.2) is 67.6 Å². The molecule has 5 aromatic rings. The molecule has 11 nitrogen and oxygen atoms in total. The van der Waals surface area contributed by atoms with E-state index in [0.717, 1.165) is 46.5 Å². The maximum absolute atomic E-state index is 11.5. The van der Waals surface area contributed by atoms with E-state index in [4.69, 9.17) is 28.9 Å². The highest BCUT2D eigenvalue weighted by Gasteiger charge is 2.19. The smallest absolute Gasteiger partial charge is 0.337 e. The number of anilines is 2. The van der Waals surface area contributed by atoms with E-state index in [1.165, 1.54) is 0 Å². The first-order valence-electron chi connectivity index (χ1n) is 14.9. The van der Waals surface area contributed by atoms with Gasteiger partial charge in [-0.25, -0.2) is 9.78 Å². The number of rotatable bonds is 14. The second-order valence-electron chi connectivity index (χ2n) is 10.8. The van der Waals surface area contributed by atoms with E-state index in [1.54, 1.807) is 51.5 Å². The van der Waals surface area contributed by atoms with Crippen LogP contribution in [0.4, 0.5) is 11.8 Å². The van der Waals surface area contributed by atoms with Crippen molar-refractivity contribution in [1.29, 1.82) is 0 Å². The van der Waals surface area contributed by atoms with Crippen molar-refractivity contribution >= 4 is 28.6 Å². The highest BCUT2D eigenvalue weighted by molar-refractivity contribution is 5.92. The van der Waals surface area contributed by atoms with Crippen molar-refractivity contribution in [3.63, 3.8) is 0 Å². The second kappa shape index (κ2) is 14.1. The predicted octanol–water partition coefficient (Wildman–Crippen LogP) is 6.21. The number of ether oxygens (including phenoxy) is 4. The number of aromatic carboxylic acids is 1. The van der Waals surface area contributed by atoms with Crippen LogP contribution >= 0.6 is 0 Å². The molecule has 0 aliphatic heterocycles. The molecule has 240 valence electrons. The van der Waals surface area contributed by atoms with Gasteiger partial charge in [-0.15, -0.1) is 0 Å². The Kier molecular flexibility index (Phi) is 9.80. The third-order valence-electron chi connectivity index (χ3n) is 7.71. The molecular weight excluding hydrogens is 586 g/mol. The van der Waals surface area contributed by atoms with Crippen molar-refractivity contribution in [2.24, 2.45) is 0 Å². The van der Waals surface area contributed by atoms with E-state index in [2.05, 4.69) is 11.8 Å². The van der Waals surface area contributed by atoms with Crippen LogP contribution in [0, 0.1) is 0 Å². The van der Waals surface area contributed by atoms with Crippen molar-refractivity contribution in [1.82, 2.24) is 14.5 Å². The quantitative estimate of drug-likeness (QED) is 0.153. The number of carbonyl (C=O) groups is 1. The lowest BCUT2D eigenvalue weighted by Gasteiger charge is -2.27. The van der Waals surface area contributed by atoms with Gasteiger partial charge in [0.1, 0.15) is 5.82 Å². The molecule has 11 heteroatoms. The zero-order valence-electron chi connectivity index (χ0n) is 27.0. The first-order valence-corrected chi connectivity index (χ1v) is 14.9. The number of fused-ring (bicyclic) bond motifs is 1. The fourth-order valence-electron chi connectivity index (χ4n) is 5.40. The largest absolute Gasteiger partial charge is 0.493 e. The fraction of sp³-hybridized carbons (Fsp3) is 0.286. The summed E-state index contributed by atoms with van der Waals surface area (Å²) in [7, 11) is 8.44. The molecule has 0 saturated carbocycles. The van der Waals surface area contributed by atoms with Crippen LogP contribution in [0.3, 0.4) is 0 Å². The number of hydrogen-bond acceptors (Lipinski definition) is 9. The van der Waals surface area contributed by atoms with Gasteiger partial charge in [-0.05, 0) is 66.1 Å². The minimum atomic E-state index is -0.978. The molecule has 0 saturated heterocycles. The molecule has 0 bridgehead atoms. The van der Waals surface area contributed by atoms with Gasteiger partial charge in [0.25, 0.3) is 0 Å². The summed E-state index contributed by atoms with van der Waals surface area (Å²) >= 11 is 0. The summed E-state index contributed by atoms with van der Waals surface area (Å²) in [5.74, 6) is 3.00. The predicted molar refractivity (Wildman–Crippen MR) is 178 cm³/mol. The summed E-state index contributed by atoms with van der Waals surface area (Å²) in [6.45, 7) is 3.99. The van der Waals surface area contributed by atoms with Crippen LogP contribution in [-0.2, 0) is 13.1 Å². The molecule has 2 aromatic heterocycles. The van der Waals surface area contributed by atoms with E-state index in [-0.39, 0.29) is 5.56 Å². The maximum Gasteiger partial charge on any atom is 0.337 e. The Labute approximate surface area is 268 Å². The Morgan fingerprint density at radius 2 is 1.43 bits per heavy atom. The van der Waals surface area contributed by atoms with Gasteiger partial charge in [-0.2, -0.15) is 4.98 Å². The molecule has 0 aliphatic rings. The number of hydrogen-bond donors (Lipinski definition) is 1. The number of aromatic nitrogens is 3. The Bertz CT molecular complexity index is 1840. The molecule has 5 rings (SSSR count). The van der Waals surface area contributed by atoms with Crippen LogP contribution in [0.25, 0.3) is 16.6 Å². The van der Waals surface area contributed by atoms with E-state index in [1.807, 2.05) is 66.5 Å². The van der Waals surface area contributed by atoms with Crippen molar-refractivity contribution in [3.8, 4) is 28.7 Å². The van der Waals surface area contributed by atoms with Gasteiger partial charge in [0.2, 0.25) is 5.95 Å². The van der Waals surface area contributed by atoms with Crippen molar-refractivity contribution in [3.05, 3.63) is 89.7 Å². The van der Waals surface area contributed by atoms with Crippen molar-refractivity contribution in [2.45, 2.75) is 26.4 Å². The summed E-state index contributed by atoms with van der Waals surface area (Å²) in [5.41, 5.74) is 3.78. The van der Waals surface area contributed by atoms with Gasteiger partial charge in [0, 0.05) is 50.1 Å². The van der Waals surface area contributed by atoms with Gasteiger partial charge in [-0.1, -0.05) is 19.1 Å². The molecule has 0 unspecified atom stereocenters. The molecule has 46 heavy (non-hydrogen) atoms. The number of carboxylic acids is 1. The molecule has 1 N–H and O–H groups in total. The minimum absolute atomic E-state index is 0.211. The summed E-state index contributed by atoms with van der Waals surface area (Å²) in [5, 5.41) is 10.3. The van der Waals surface area contributed by atoms with Crippen LogP contribution in [0.1, 0.15) is 34.8 Å². The molecule has 2 heterocycles. The van der Waals surface area contributed by atoms with Crippen LogP contribution in [0.15, 0.2) is 73.1 Å². The van der Waals surface area contributed by atoms with Crippen LogP contribution in [0.5, 0.6) is 23.0 Å². The highest BCUT2D eigenvalue weighted by atomic mass is 16.5. The Balaban J connectivity index is 1.60. The lowest BCUT2D eigenvalue weighted by Crippen LogP contribution is -2.27. The summed E-state index contributed by atoms with van der Waals surface area (Å²) in [6, 6.07) is 19.2. The van der Waals surface area contributed by atoms with Gasteiger partial charge in [-0.3, -0.25) is 0 Å². The summed E-state index contributed by atoms with van der Waals surface area (Å²) in [6.07, 6.45) is 4.22. The van der Waals surface area contributed by atoms with Gasteiger partial charge < -0.3 is 38.4 Å². The normalized spacial score (nSPS) is 10.9. The zero-order chi connectivity index (χ0) is 32.8. The number of methoxy groups -OCH3 is 4. The number of benzene rings is 3. The van der Waals surface area contributed by atoms with Gasteiger partial charge >= 0.3 is 5.97 Å². The van der Waals surface area contributed by atoms with Crippen LogP contribution < -0.4 is 28.7 Å². The van der Waals surface area contributed by atoms with Crippen LogP contribution in [0.2, 0.25) is 0 Å². The molecule has 0 amide bonds. The third kappa shape index (κ3) is 6.78. The topological polar surface area (TPSA) is 111 Å². The van der Waals surface area contributed by atoms with E-state index in [9.17, 15) is 9.90 Å². The Morgan fingerprint density at radius 3 is 2.00 bits per heavy atom. The standard InChI is InChI=1S/C35H39N5O6/c1-7-15-40(21-24-9-13-30(44-4)32(18-24)46-6)33-27-11-10-26(39-16-14-25(22-39)34(41)42)19-28(27)36-35(37-33)38(2)20-23-8-12-29(43-3)31(17-23)45-5/h8-14,16-19,22H,7,15,20-21H2,1-6H3,(H,41,42). The number of nitrogens with zero attached hydrogens (tertiary/aromatic N) is 5. The van der Waals surface area contributed by atoms with Gasteiger partial charge in [0.05, 0.1) is 39.5 Å². The molecule has 0 aliphatic carbocycles. The lowest BCUT2D eigenvalue weighted by molar-refractivity contribution is 0.0697. The van der Waals surface area contributed by atoms with Crippen molar-refractivity contribution < 1.29 is 28.8 Å². The lowest BCUT2D eigenvalue weighted by atomic mass is 10.1. The fourth-order valence-corrected chi connectivity index (χ4v) is 5.40. The van der Waals surface area contributed by atoms with E-state index < -0.39 is 5.97 Å². The third-order valence-corrected chi connectivity index (χ3v) is 7.71. The van der Waals surface area contributed by atoms with E-state index >= 15 is 0 Å². The van der Waals surface area contributed by atoms with Crippen molar-refractivity contribution in [2.75, 3.05) is 51.8 Å². The first-order chi connectivity index (χ1) is 22.3. The maximum atomic E-state index is 11.5. The molecular formula is C35H39N5O6. The molecule has 0 fully saturated rings. The summed E-state index contributed by atoms with van der Waals surface area (Å²) < 4.78 is 23.7. The molecule has 0 radical (unpaired) electrons. The zero-order valence-corrected chi connectivity index (χ0v) is 27.0. The Morgan fingerprint density at radius 1 is 0.804 bits per heavy atom. The second-order valence-corrected chi connectivity index (χ2v) is 10.8. The number of carboxylic acid groups (broad SMARTS) is 1. The molecule has 0 atom stereocenters. The molecule has 3 aromatic carbocycles. The average molecular weight is 626 g/mol. The molecule has 0 spiro atoms. The van der Waals surface area contributed by atoms with E-state index in [0.29, 0.717) is 42.0 Å². The minimum Gasteiger partial charge on any atom is -0.493 e. The Hall–Kier alpha value is -5.45. The SMILES string of the molecule is CCCN(Cc1ccc(OC)c(OC)c1)c1nc(N(C)Cc2ccc(OC)c(OC)c2)nc2cc(-n3ccc(C(=O)O)c3)ccc12.